The van der Waals surface area contributed by atoms with E-state index in [2.05, 4.69) is 15.6 Å². The zero-order chi connectivity index (χ0) is 15.5. The molecule has 1 aromatic carbocycles. The highest BCUT2D eigenvalue weighted by Gasteiger charge is 2.23. The first-order valence-corrected chi connectivity index (χ1v) is 8.22. The van der Waals surface area contributed by atoms with Gasteiger partial charge >= 0.3 is 0 Å². The first-order valence-electron chi connectivity index (χ1n) is 7.40. The number of amides is 1. The van der Waals surface area contributed by atoms with E-state index < -0.39 is 0 Å². The van der Waals surface area contributed by atoms with Crippen LogP contribution in [0.25, 0.3) is 0 Å². The highest BCUT2D eigenvalue weighted by Crippen LogP contribution is 2.25. The van der Waals surface area contributed by atoms with Crippen LogP contribution < -0.4 is 15.4 Å². The van der Waals surface area contributed by atoms with Gasteiger partial charge in [-0.15, -0.1) is 0 Å². The molecule has 2 heterocycles. The second kappa shape index (κ2) is 6.36. The van der Waals surface area contributed by atoms with Crippen LogP contribution in [0.2, 0.25) is 0 Å². The molecule has 1 amide bonds. The number of rotatable bonds is 4. The van der Waals surface area contributed by atoms with Crippen LogP contribution in [0, 0.1) is 6.92 Å². The van der Waals surface area contributed by atoms with Crippen LogP contribution in [0.5, 0.6) is 5.75 Å². The minimum Gasteiger partial charge on any atom is -0.491 e. The fraction of sp³-hybridized carbons (Fsp3) is 0.375. The molecule has 1 aromatic heterocycles. The zero-order valence-electron chi connectivity index (χ0n) is 12.7. The number of hydrogen-bond acceptors (Lipinski definition) is 5. The quantitative estimate of drug-likeness (QED) is 0.910. The summed E-state index contributed by atoms with van der Waals surface area (Å²) in [6, 6.07) is 7.94. The van der Waals surface area contributed by atoms with Crippen molar-refractivity contribution in [1.29, 1.82) is 0 Å². The number of carbonyl (C=O) groups excluding carboxylic acids is 1. The highest BCUT2D eigenvalue weighted by atomic mass is 32.1. The molecule has 0 saturated carbocycles. The lowest BCUT2D eigenvalue weighted by Crippen LogP contribution is -2.42. The molecule has 0 bridgehead atoms. The standard InChI is InChI=1S/C16H19N3O2S/c1-3-17-16-18-10(2)14(22-16)15(20)19-12-8-11-6-4-5-7-13(11)21-9-12/h4-7,12H,3,8-9H2,1-2H3,(H,17,18)(H,19,20)/t12-/m0/s1. The van der Waals surface area contributed by atoms with Gasteiger partial charge in [0.05, 0.1) is 11.7 Å². The SMILES string of the molecule is CCNc1nc(C)c(C(=O)N[C@@H]2COc3ccccc3C2)s1. The van der Waals surface area contributed by atoms with Gasteiger partial charge in [0.15, 0.2) is 5.13 Å². The predicted octanol–water partition coefficient (Wildman–Crippen LogP) is 2.62. The maximum Gasteiger partial charge on any atom is 0.263 e. The Morgan fingerprint density at radius 2 is 2.27 bits per heavy atom. The maximum atomic E-state index is 12.4. The second-order valence-electron chi connectivity index (χ2n) is 5.26. The largest absolute Gasteiger partial charge is 0.491 e. The number of hydrogen-bond donors (Lipinski definition) is 2. The number of anilines is 1. The van der Waals surface area contributed by atoms with Gasteiger partial charge in [-0.3, -0.25) is 4.79 Å². The van der Waals surface area contributed by atoms with Gasteiger partial charge in [0.1, 0.15) is 17.2 Å². The number of benzene rings is 1. The lowest BCUT2D eigenvalue weighted by Gasteiger charge is -2.25. The molecule has 2 N–H and O–H groups in total. The lowest BCUT2D eigenvalue weighted by molar-refractivity contribution is 0.0918. The Labute approximate surface area is 133 Å². The van der Waals surface area contributed by atoms with E-state index in [0.29, 0.717) is 11.5 Å². The lowest BCUT2D eigenvalue weighted by atomic mass is 10.0. The topological polar surface area (TPSA) is 63.2 Å². The zero-order valence-corrected chi connectivity index (χ0v) is 13.5. The van der Waals surface area contributed by atoms with E-state index >= 15 is 0 Å². The van der Waals surface area contributed by atoms with Gasteiger partial charge in [-0.1, -0.05) is 29.5 Å². The minimum absolute atomic E-state index is 0.00788. The smallest absolute Gasteiger partial charge is 0.263 e. The van der Waals surface area contributed by atoms with E-state index in [1.54, 1.807) is 0 Å². The molecule has 0 saturated heterocycles. The summed E-state index contributed by atoms with van der Waals surface area (Å²) < 4.78 is 5.71. The summed E-state index contributed by atoms with van der Waals surface area (Å²) in [6.45, 7) is 5.16. The van der Waals surface area contributed by atoms with Crippen LogP contribution >= 0.6 is 11.3 Å². The van der Waals surface area contributed by atoms with Gasteiger partial charge in [-0.2, -0.15) is 0 Å². The number of nitrogens with zero attached hydrogens (tertiary/aromatic N) is 1. The number of aromatic nitrogens is 1. The molecule has 1 atom stereocenters. The van der Waals surface area contributed by atoms with Crippen molar-refractivity contribution in [3.05, 3.63) is 40.4 Å². The second-order valence-corrected chi connectivity index (χ2v) is 6.26. The van der Waals surface area contributed by atoms with Crippen molar-refractivity contribution >= 4 is 22.4 Å². The molecule has 3 rings (SSSR count). The van der Waals surface area contributed by atoms with E-state index in [1.165, 1.54) is 11.3 Å². The Kier molecular flexibility index (Phi) is 4.29. The normalized spacial score (nSPS) is 16.5. The number of aryl methyl sites for hydroxylation is 1. The van der Waals surface area contributed by atoms with E-state index in [0.717, 1.165) is 35.1 Å². The third kappa shape index (κ3) is 3.06. The highest BCUT2D eigenvalue weighted by molar-refractivity contribution is 7.17. The summed E-state index contributed by atoms with van der Waals surface area (Å²) in [5.41, 5.74) is 1.89. The van der Waals surface area contributed by atoms with Crippen LogP contribution in [-0.4, -0.2) is 30.1 Å². The Balaban J connectivity index is 1.68. The Morgan fingerprint density at radius 3 is 3.09 bits per heavy atom. The van der Waals surface area contributed by atoms with E-state index in [-0.39, 0.29) is 11.9 Å². The average Bonchev–Trinajstić information content (AvgIpc) is 2.88. The summed E-state index contributed by atoms with van der Waals surface area (Å²) in [5.74, 6) is 0.837. The molecule has 5 nitrogen and oxygen atoms in total. The summed E-state index contributed by atoms with van der Waals surface area (Å²) in [4.78, 5) is 17.5. The summed E-state index contributed by atoms with van der Waals surface area (Å²) >= 11 is 1.39. The van der Waals surface area contributed by atoms with Crippen LogP contribution in [0.3, 0.4) is 0 Å². The molecule has 0 fully saturated rings. The van der Waals surface area contributed by atoms with Crippen molar-refractivity contribution in [2.24, 2.45) is 0 Å². The van der Waals surface area contributed by atoms with Crippen LogP contribution in [0.15, 0.2) is 24.3 Å². The van der Waals surface area contributed by atoms with Crippen LogP contribution in [0.1, 0.15) is 27.9 Å². The van der Waals surface area contributed by atoms with Crippen LogP contribution in [0.4, 0.5) is 5.13 Å². The molecule has 1 aliphatic heterocycles. The van der Waals surface area contributed by atoms with Crippen molar-refractivity contribution in [1.82, 2.24) is 10.3 Å². The summed E-state index contributed by atoms with van der Waals surface area (Å²) in [5, 5.41) is 6.98. The Bertz CT molecular complexity index is 684. The third-order valence-corrected chi connectivity index (χ3v) is 4.66. The average molecular weight is 317 g/mol. The van der Waals surface area contributed by atoms with Crippen molar-refractivity contribution in [3.63, 3.8) is 0 Å². The Morgan fingerprint density at radius 1 is 1.45 bits per heavy atom. The number of fused-ring (bicyclic) bond motifs is 1. The van der Waals surface area contributed by atoms with Gasteiger partial charge in [0.2, 0.25) is 0 Å². The fourth-order valence-electron chi connectivity index (χ4n) is 2.51. The summed E-state index contributed by atoms with van der Waals surface area (Å²) in [6.07, 6.45) is 0.791. The van der Waals surface area contributed by atoms with Gasteiger partial charge in [-0.25, -0.2) is 4.98 Å². The molecule has 116 valence electrons. The minimum atomic E-state index is -0.0767. The van der Waals surface area contributed by atoms with E-state index in [4.69, 9.17) is 4.74 Å². The molecule has 6 heteroatoms. The molecule has 22 heavy (non-hydrogen) atoms. The number of carbonyl (C=O) groups is 1. The molecule has 0 spiro atoms. The van der Waals surface area contributed by atoms with Crippen molar-refractivity contribution < 1.29 is 9.53 Å². The van der Waals surface area contributed by atoms with Gasteiger partial charge in [0.25, 0.3) is 5.91 Å². The molecular formula is C16H19N3O2S. The van der Waals surface area contributed by atoms with Gasteiger partial charge in [0, 0.05) is 6.54 Å². The maximum absolute atomic E-state index is 12.4. The van der Waals surface area contributed by atoms with Gasteiger partial charge in [-0.05, 0) is 31.9 Å². The van der Waals surface area contributed by atoms with E-state index in [1.807, 2.05) is 38.1 Å². The fourth-order valence-corrected chi connectivity index (χ4v) is 3.44. The molecular weight excluding hydrogens is 298 g/mol. The third-order valence-electron chi connectivity index (χ3n) is 3.54. The predicted molar refractivity (Wildman–Crippen MR) is 87.9 cm³/mol. The number of nitrogens with one attached hydrogen (secondary N) is 2. The number of para-hydroxylation sites is 1. The number of ether oxygens (including phenoxy) is 1. The monoisotopic (exact) mass is 317 g/mol. The van der Waals surface area contributed by atoms with E-state index in [9.17, 15) is 4.79 Å². The van der Waals surface area contributed by atoms with Gasteiger partial charge < -0.3 is 15.4 Å². The van der Waals surface area contributed by atoms with Crippen molar-refractivity contribution in [2.75, 3.05) is 18.5 Å². The Hall–Kier alpha value is -2.08. The van der Waals surface area contributed by atoms with Crippen LogP contribution in [-0.2, 0) is 6.42 Å². The molecule has 0 unspecified atom stereocenters. The van der Waals surface area contributed by atoms with Crippen molar-refractivity contribution in [2.45, 2.75) is 26.3 Å². The van der Waals surface area contributed by atoms with Crippen molar-refractivity contribution in [3.8, 4) is 5.75 Å². The molecule has 1 aliphatic rings. The molecule has 2 aromatic rings. The summed E-state index contributed by atoms with van der Waals surface area (Å²) in [7, 11) is 0. The first kappa shape index (κ1) is 14.8. The molecule has 0 radical (unpaired) electrons. The number of thiazole rings is 1. The molecule has 0 aliphatic carbocycles. The first-order chi connectivity index (χ1) is 10.7.